The van der Waals surface area contributed by atoms with Gasteiger partial charge in [-0.2, -0.15) is 0 Å². The minimum Gasteiger partial charge on any atom is -0.508 e. The van der Waals surface area contributed by atoms with Gasteiger partial charge in [-0.25, -0.2) is 10.0 Å². The van der Waals surface area contributed by atoms with Crippen molar-refractivity contribution in [1.29, 1.82) is 0 Å². The predicted molar refractivity (Wildman–Crippen MR) is 203 cm³/mol. The molecule has 0 radical (unpaired) electrons. The highest BCUT2D eigenvalue weighted by molar-refractivity contribution is 6.08. The zero-order chi connectivity index (χ0) is 38.4. The van der Waals surface area contributed by atoms with Gasteiger partial charge in [-0.15, -0.1) is 6.58 Å². The van der Waals surface area contributed by atoms with Gasteiger partial charge in [0.05, 0.1) is 25.7 Å². The molecule has 0 bridgehead atoms. The third-order valence-electron chi connectivity index (χ3n) is 10.3. The standard InChI is InChI=1S/C42H47N5O7/c1-4-23-45-28-39(51)46-35(24-30-17-20-32(48)21-18-30)42(53)44(27-37(46)47(45)38(50)22-19-29-11-6-5-7-12-29)25-31-13-10-14-33-34(26-43(2)41(31)33)36(49)15-8-9-16-40(52)54-3/h4-7,10-14,17-18,20-21,26,35,37,48H,1,8-9,15-16,19,22-25,27-28H2,2-3H3/t35-,37-/m0/s1. The van der Waals surface area contributed by atoms with Crippen molar-refractivity contribution in [3.8, 4) is 5.75 Å². The molecule has 12 heteroatoms. The van der Waals surface area contributed by atoms with Gasteiger partial charge in [0.25, 0.3) is 0 Å². The van der Waals surface area contributed by atoms with E-state index in [2.05, 4.69) is 6.58 Å². The van der Waals surface area contributed by atoms with E-state index in [1.165, 1.54) is 7.11 Å². The number of phenols is 1. The van der Waals surface area contributed by atoms with Gasteiger partial charge in [0.2, 0.25) is 17.7 Å². The summed E-state index contributed by atoms with van der Waals surface area (Å²) >= 11 is 0. The number of carbonyl (C=O) groups excluding carboxylic acids is 5. The van der Waals surface area contributed by atoms with E-state index in [9.17, 15) is 29.1 Å². The van der Waals surface area contributed by atoms with Crippen LogP contribution in [0.15, 0.2) is 91.6 Å². The quantitative estimate of drug-likeness (QED) is 0.0799. The highest BCUT2D eigenvalue weighted by atomic mass is 16.5. The highest BCUT2D eigenvalue weighted by Gasteiger charge is 2.51. The molecule has 2 atom stereocenters. The first-order chi connectivity index (χ1) is 26.1. The second-order valence-corrected chi connectivity index (χ2v) is 13.9. The molecule has 0 spiro atoms. The normalized spacial score (nSPS) is 17.5. The minimum absolute atomic E-state index is 0.0334. The lowest BCUT2D eigenvalue weighted by atomic mass is 9.97. The largest absolute Gasteiger partial charge is 0.508 e. The summed E-state index contributed by atoms with van der Waals surface area (Å²) in [6.45, 7) is 4.32. The first-order valence-corrected chi connectivity index (χ1v) is 18.4. The van der Waals surface area contributed by atoms with Gasteiger partial charge in [0, 0.05) is 63.0 Å². The number of phenolic OH excluding ortho intramolecular Hbond substituents is 1. The fraction of sp³-hybridized carbons (Fsp3) is 0.357. The molecule has 1 N–H and O–H groups in total. The molecule has 282 valence electrons. The van der Waals surface area contributed by atoms with Crippen molar-refractivity contribution in [1.82, 2.24) is 24.4 Å². The number of fused-ring (bicyclic) bond motifs is 2. The summed E-state index contributed by atoms with van der Waals surface area (Å²) in [5.41, 5.74) is 3.98. The SMILES string of the molecule is C=CCN1CC(=O)N2[C@@H](Cc3ccc(O)cc3)C(=O)N(Cc3cccc4c(C(=O)CCCCC(=O)OC)cn(C)c34)C[C@@H]2N1C(=O)CCc1ccccc1. The Morgan fingerprint density at radius 3 is 2.39 bits per heavy atom. The molecule has 6 rings (SSSR count). The van der Waals surface area contributed by atoms with E-state index < -0.39 is 12.2 Å². The van der Waals surface area contributed by atoms with Crippen LogP contribution in [0.3, 0.4) is 0 Å². The summed E-state index contributed by atoms with van der Waals surface area (Å²) in [4.78, 5) is 71.0. The zero-order valence-corrected chi connectivity index (χ0v) is 30.9. The smallest absolute Gasteiger partial charge is 0.305 e. The number of aryl methyl sites for hydroxylation is 2. The highest BCUT2D eigenvalue weighted by Crippen LogP contribution is 2.32. The van der Waals surface area contributed by atoms with Crippen LogP contribution in [0.25, 0.3) is 10.9 Å². The summed E-state index contributed by atoms with van der Waals surface area (Å²) in [6.07, 6.45) is 5.24. The summed E-state index contributed by atoms with van der Waals surface area (Å²) < 4.78 is 6.61. The molecule has 1 aromatic heterocycles. The number of ketones is 1. The zero-order valence-electron chi connectivity index (χ0n) is 30.9. The molecule has 0 unspecified atom stereocenters. The number of hydrogen-bond donors (Lipinski definition) is 1. The number of aromatic hydroxyl groups is 1. The molecule has 12 nitrogen and oxygen atoms in total. The van der Waals surface area contributed by atoms with Gasteiger partial charge < -0.3 is 24.2 Å². The average molecular weight is 734 g/mol. The second kappa shape index (κ2) is 16.9. The lowest BCUT2D eigenvalue weighted by Crippen LogP contribution is -2.75. The fourth-order valence-corrected chi connectivity index (χ4v) is 7.67. The number of hydrazine groups is 1. The number of aromatic nitrogens is 1. The number of ether oxygens (including phenoxy) is 1. The van der Waals surface area contributed by atoms with Crippen molar-refractivity contribution in [2.24, 2.45) is 7.05 Å². The van der Waals surface area contributed by atoms with Gasteiger partial charge in [0.1, 0.15) is 18.0 Å². The first kappa shape index (κ1) is 38.0. The Bertz CT molecular complexity index is 2030. The molecular formula is C42H47N5O7. The number of Topliss-reactive ketones (excluding diaryl/α,β-unsaturated/α-hetero) is 1. The average Bonchev–Trinajstić information content (AvgIpc) is 3.52. The molecule has 2 aliphatic heterocycles. The van der Waals surface area contributed by atoms with E-state index in [-0.39, 0.29) is 87.1 Å². The Hall–Kier alpha value is -5.75. The Kier molecular flexibility index (Phi) is 11.9. The lowest BCUT2D eigenvalue weighted by Gasteiger charge is -2.55. The van der Waals surface area contributed by atoms with Crippen LogP contribution < -0.4 is 0 Å². The molecule has 3 heterocycles. The van der Waals surface area contributed by atoms with Crippen molar-refractivity contribution < 1.29 is 33.8 Å². The van der Waals surface area contributed by atoms with Crippen molar-refractivity contribution in [2.45, 2.75) is 63.7 Å². The Morgan fingerprint density at radius 2 is 1.67 bits per heavy atom. The van der Waals surface area contributed by atoms with Crippen LogP contribution in [0.1, 0.15) is 59.2 Å². The third kappa shape index (κ3) is 8.23. The molecule has 2 aliphatic rings. The van der Waals surface area contributed by atoms with Gasteiger partial charge in [0.15, 0.2) is 5.78 Å². The maximum atomic E-state index is 14.6. The molecule has 0 saturated carbocycles. The van der Waals surface area contributed by atoms with Crippen molar-refractivity contribution in [3.05, 3.63) is 114 Å². The maximum absolute atomic E-state index is 14.6. The summed E-state index contributed by atoms with van der Waals surface area (Å²) in [5, 5.41) is 14.1. The van der Waals surface area contributed by atoms with Crippen molar-refractivity contribution >= 4 is 40.4 Å². The first-order valence-electron chi connectivity index (χ1n) is 18.4. The van der Waals surface area contributed by atoms with Crippen molar-refractivity contribution in [3.63, 3.8) is 0 Å². The number of hydrogen-bond acceptors (Lipinski definition) is 8. The van der Waals surface area contributed by atoms with Gasteiger partial charge in [-0.05, 0) is 48.1 Å². The Balaban J connectivity index is 1.32. The maximum Gasteiger partial charge on any atom is 0.305 e. The second-order valence-electron chi connectivity index (χ2n) is 13.9. The molecule has 3 aromatic carbocycles. The number of unbranched alkanes of at least 4 members (excludes halogenated alkanes) is 1. The minimum atomic E-state index is -0.911. The number of carbonyl (C=O) groups is 5. The molecule has 2 fully saturated rings. The topological polar surface area (TPSA) is 133 Å². The van der Waals surface area contributed by atoms with E-state index in [0.29, 0.717) is 24.8 Å². The van der Waals surface area contributed by atoms with Crippen molar-refractivity contribution in [2.75, 3.05) is 26.7 Å². The van der Waals surface area contributed by atoms with Crippen LogP contribution in [-0.2, 0) is 50.3 Å². The molecular weight excluding hydrogens is 686 g/mol. The van der Waals surface area contributed by atoms with E-state index in [4.69, 9.17) is 4.74 Å². The van der Waals surface area contributed by atoms with Gasteiger partial charge in [-0.3, -0.25) is 24.0 Å². The number of rotatable bonds is 15. The van der Waals surface area contributed by atoms with Crippen LogP contribution in [0, 0.1) is 0 Å². The van der Waals surface area contributed by atoms with Crippen LogP contribution in [-0.4, -0.2) is 97.9 Å². The van der Waals surface area contributed by atoms with Crippen LogP contribution in [0.4, 0.5) is 0 Å². The van der Waals surface area contributed by atoms with E-state index in [0.717, 1.165) is 27.6 Å². The van der Waals surface area contributed by atoms with E-state index in [1.807, 2.05) is 66.3 Å². The van der Waals surface area contributed by atoms with E-state index in [1.54, 1.807) is 50.2 Å². The van der Waals surface area contributed by atoms with Crippen LogP contribution in [0.2, 0.25) is 0 Å². The van der Waals surface area contributed by atoms with Crippen LogP contribution in [0.5, 0.6) is 5.75 Å². The molecule has 4 aromatic rings. The molecule has 3 amide bonds. The molecule has 0 aliphatic carbocycles. The summed E-state index contributed by atoms with van der Waals surface area (Å²) in [6, 6.07) is 21.1. The predicted octanol–water partition coefficient (Wildman–Crippen LogP) is 4.79. The molecule has 2 saturated heterocycles. The number of methoxy groups -OCH3 is 1. The van der Waals surface area contributed by atoms with Gasteiger partial charge >= 0.3 is 5.97 Å². The summed E-state index contributed by atoms with van der Waals surface area (Å²) in [5.74, 6) is -0.926. The number of nitrogens with zero attached hydrogens (tertiary/aromatic N) is 5. The number of piperazine rings is 1. The van der Waals surface area contributed by atoms with Crippen LogP contribution >= 0.6 is 0 Å². The lowest BCUT2D eigenvalue weighted by molar-refractivity contribution is -0.205. The fourth-order valence-electron chi connectivity index (χ4n) is 7.67. The summed E-state index contributed by atoms with van der Waals surface area (Å²) in [7, 11) is 3.22. The number of esters is 1. The molecule has 54 heavy (non-hydrogen) atoms. The monoisotopic (exact) mass is 733 g/mol. The van der Waals surface area contributed by atoms with Gasteiger partial charge in [-0.1, -0.05) is 66.7 Å². The third-order valence-corrected chi connectivity index (χ3v) is 10.3. The Labute approximate surface area is 315 Å². The Morgan fingerprint density at radius 1 is 0.926 bits per heavy atom. The van der Waals surface area contributed by atoms with E-state index >= 15 is 0 Å². The number of amides is 3. The number of benzene rings is 3. The number of para-hydroxylation sites is 1.